The van der Waals surface area contributed by atoms with Gasteiger partial charge in [-0.1, -0.05) is 60.1 Å². The van der Waals surface area contributed by atoms with Crippen molar-refractivity contribution in [1.82, 2.24) is 15.1 Å². The van der Waals surface area contributed by atoms with E-state index in [0.29, 0.717) is 36.1 Å². The Bertz CT molecular complexity index is 1130. The molecule has 2 amide bonds. The number of fused-ring (bicyclic) bond motifs is 2. The number of anilines is 1. The van der Waals surface area contributed by atoms with E-state index in [1.165, 1.54) is 5.56 Å². The third-order valence-electron chi connectivity index (χ3n) is 6.38. The second-order valence-electron chi connectivity index (χ2n) is 8.68. The molecule has 2 aliphatic heterocycles. The van der Waals surface area contributed by atoms with Gasteiger partial charge in [0, 0.05) is 56.4 Å². The van der Waals surface area contributed by atoms with Crippen LogP contribution in [0.25, 0.3) is 0 Å². The average Bonchev–Trinajstić information content (AvgIpc) is 3.04. The molecule has 0 unspecified atom stereocenters. The van der Waals surface area contributed by atoms with Crippen molar-refractivity contribution in [1.29, 1.82) is 0 Å². The zero-order valence-electron chi connectivity index (χ0n) is 19.1. The van der Waals surface area contributed by atoms with Crippen molar-refractivity contribution in [3.63, 3.8) is 0 Å². The molecule has 2 heterocycles. The van der Waals surface area contributed by atoms with Gasteiger partial charge in [0.05, 0.1) is 12.2 Å². The summed E-state index contributed by atoms with van der Waals surface area (Å²) in [6, 6.07) is 23.7. The largest absolute Gasteiger partial charge is 0.455 e. The Labute approximate surface area is 205 Å². The second kappa shape index (κ2) is 10.5. The predicted molar refractivity (Wildman–Crippen MR) is 136 cm³/mol. The standard InChI is InChI=1S/C27H29ClN4O2/c28-23-10-11-26-24(18-23)32(20-22-8-4-5-9-25(22)34-26)27(33)31-16-14-30(15-17-31)13-12-29-19-21-6-2-1-3-7-21/h1-11,18,29H,12-17,19-20H2. The summed E-state index contributed by atoms with van der Waals surface area (Å²) >= 11 is 6.30. The van der Waals surface area contributed by atoms with Gasteiger partial charge in [-0.05, 0) is 29.8 Å². The van der Waals surface area contributed by atoms with E-state index in [4.69, 9.17) is 16.3 Å². The molecule has 1 N–H and O–H groups in total. The van der Waals surface area contributed by atoms with Gasteiger partial charge in [0.15, 0.2) is 5.75 Å². The Morgan fingerprint density at radius 1 is 0.912 bits per heavy atom. The normalized spacial score (nSPS) is 15.8. The van der Waals surface area contributed by atoms with Crippen LogP contribution in [0.3, 0.4) is 0 Å². The lowest BCUT2D eigenvalue weighted by molar-refractivity contribution is 0.143. The predicted octanol–water partition coefficient (Wildman–Crippen LogP) is 4.98. The van der Waals surface area contributed by atoms with Crippen LogP contribution in [0.4, 0.5) is 10.5 Å². The fourth-order valence-electron chi connectivity index (χ4n) is 4.47. The highest BCUT2D eigenvalue weighted by Crippen LogP contribution is 2.40. The molecule has 0 aliphatic carbocycles. The average molecular weight is 477 g/mol. The van der Waals surface area contributed by atoms with Gasteiger partial charge in [-0.3, -0.25) is 9.80 Å². The number of para-hydroxylation sites is 1. The first kappa shape index (κ1) is 22.7. The van der Waals surface area contributed by atoms with Gasteiger partial charge < -0.3 is 15.0 Å². The molecule has 176 valence electrons. The number of urea groups is 1. The first-order chi connectivity index (χ1) is 16.7. The van der Waals surface area contributed by atoms with Crippen LogP contribution in [0, 0.1) is 0 Å². The highest BCUT2D eigenvalue weighted by atomic mass is 35.5. The number of benzene rings is 3. The first-order valence-corrected chi connectivity index (χ1v) is 12.1. The minimum Gasteiger partial charge on any atom is -0.455 e. The van der Waals surface area contributed by atoms with Crippen LogP contribution in [-0.4, -0.2) is 55.1 Å². The number of hydrogen-bond donors (Lipinski definition) is 1. The van der Waals surface area contributed by atoms with E-state index in [2.05, 4.69) is 34.5 Å². The summed E-state index contributed by atoms with van der Waals surface area (Å²) in [5.74, 6) is 1.42. The van der Waals surface area contributed by atoms with E-state index in [-0.39, 0.29) is 6.03 Å². The molecule has 1 fully saturated rings. The van der Waals surface area contributed by atoms with Gasteiger partial charge in [0.2, 0.25) is 0 Å². The van der Waals surface area contributed by atoms with E-state index in [1.54, 1.807) is 11.0 Å². The molecule has 7 heteroatoms. The minimum atomic E-state index is -0.00864. The minimum absolute atomic E-state index is 0.00864. The lowest BCUT2D eigenvalue weighted by atomic mass is 10.2. The summed E-state index contributed by atoms with van der Waals surface area (Å²) in [5.41, 5.74) is 2.98. The van der Waals surface area contributed by atoms with Crippen molar-refractivity contribution in [2.24, 2.45) is 0 Å². The van der Waals surface area contributed by atoms with Gasteiger partial charge in [0.1, 0.15) is 5.75 Å². The van der Waals surface area contributed by atoms with Crippen LogP contribution < -0.4 is 15.0 Å². The van der Waals surface area contributed by atoms with E-state index in [9.17, 15) is 4.79 Å². The molecular weight excluding hydrogens is 448 g/mol. The quantitative estimate of drug-likeness (QED) is 0.527. The SMILES string of the molecule is O=C(N1CCN(CCNCc2ccccc2)CC1)N1Cc2ccccc2Oc2ccc(Cl)cc21. The first-order valence-electron chi connectivity index (χ1n) is 11.8. The lowest BCUT2D eigenvalue weighted by Gasteiger charge is -2.37. The van der Waals surface area contributed by atoms with E-state index in [0.717, 1.165) is 44.0 Å². The zero-order chi connectivity index (χ0) is 23.3. The summed E-state index contributed by atoms with van der Waals surface area (Å²) in [6.45, 7) is 6.35. The molecule has 3 aromatic carbocycles. The molecular formula is C27H29ClN4O2. The highest BCUT2D eigenvalue weighted by Gasteiger charge is 2.30. The molecule has 2 aliphatic rings. The maximum Gasteiger partial charge on any atom is 0.325 e. The van der Waals surface area contributed by atoms with Gasteiger partial charge >= 0.3 is 6.03 Å². The monoisotopic (exact) mass is 476 g/mol. The van der Waals surface area contributed by atoms with Crippen molar-refractivity contribution in [3.05, 3.63) is 88.9 Å². The summed E-state index contributed by atoms with van der Waals surface area (Å²) in [7, 11) is 0. The van der Waals surface area contributed by atoms with Gasteiger partial charge in [0.25, 0.3) is 0 Å². The molecule has 0 spiro atoms. The number of piperazine rings is 1. The Hall–Kier alpha value is -3.06. The van der Waals surface area contributed by atoms with Crippen LogP contribution >= 0.6 is 11.6 Å². The summed E-state index contributed by atoms with van der Waals surface area (Å²) in [6.07, 6.45) is 0. The molecule has 6 nitrogen and oxygen atoms in total. The Balaban J connectivity index is 1.20. The lowest BCUT2D eigenvalue weighted by Crippen LogP contribution is -2.53. The number of amides is 2. The number of carbonyl (C=O) groups excluding carboxylic acids is 1. The number of nitrogens with zero attached hydrogens (tertiary/aromatic N) is 3. The van der Waals surface area contributed by atoms with E-state index in [1.807, 2.05) is 47.4 Å². The van der Waals surface area contributed by atoms with Crippen LogP contribution in [0.2, 0.25) is 5.02 Å². The van der Waals surface area contributed by atoms with E-state index < -0.39 is 0 Å². The second-order valence-corrected chi connectivity index (χ2v) is 9.12. The highest BCUT2D eigenvalue weighted by molar-refractivity contribution is 6.31. The van der Waals surface area contributed by atoms with Gasteiger partial charge in [-0.15, -0.1) is 0 Å². The molecule has 0 radical (unpaired) electrons. The number of rotatable bonds is 5. The van der Waals surface area contributed by atoms with E-state index >= 15 is 0 Å². The summed E-state index contributed by atoms with van der Waals surface area (Å²) in [4.78, 5) is 19.8. The summed E-state index contributed by atoms with van der Waals surface area (Å²) in [5, 5.41) is 4.09. The third-order valence-corrected chi connectivity index (χ3v) is 6.62. The van der Waals surface area contributed by atoms with Crippen molar-refractivity contribution in [2.75, 3.05) is 44.2 Å². The smallest absolute Gasteiger partial charge is 0.325 e. The molecule has 0 saturated carbocycles. The van der Waals surface area contributed by atoms with Crippen molar-refractivity contribution < 1.29 is 9.53 Å². The molecule has 1 saturated heterocycles. The van der Waals surface area contributed by atoms with Gasteiger partial charge in [-0.2, -0.15) is 0 Å². The Morgan fingerprint density at radius 3 is 2.50 bits per heavy atom. The molecule has 3 aromatic rings. The number of carbonyl (C=O) groups is 1. The van der Waals surface area contributed by atoms with Crippen molar-refractivity contribution >= 4 is 23.3 Å². The fraction of sp³-hybridized carbons (Fsp3) is 0.296. The van der Waals surface area contributed by atoms with Crippen LogP contribution in [-0.2, 0) is 13.1 Å². The topological polar surface area (TPSA) is 48.1 Å². The van der Waals surface area contributed by atoms with Crippen molar-refractivity contribution in [3.8, 4) is 11.5 Å². The van der Waals surface area contributed by atoms with Gasteiger partial charge in [-0.25, -0.2) is 4.79 Å². The molecule has 34 heavy (non-hydrogen) atoms. The van der Waals surface area contributed by atoms with Crippen LogP contribution in [0.1, 0.15) is 11.1 Å². The number of halogens is 1. The maximum atomic E-state index is 13.6. The molecule has 5 rings (SSSR count). The van der Waals surface area contributed by atoms with Crippen molar-refractivity contribution in [2.45, 2.75) is 13.1 Å². The van der Waals surface area contributed by atoms with Crippen LogP contribution in [0.15, 0.2) is 72.8 Å². The Kier molecular flexibility index (Phi) is 7.00. The Morgan fingerprint density at radius 2 is 1.68 bits per heavy atom. The third kappa shape index (κ3) is 5.20. The number of ether oxygens (including phenoxy) is 1. The fourth-order valence-corrected chi connectivity index (χ4v) is 4.63. The molecule has 0 aromatic heterocycles. The number of nitrogens with one attached hydrogen (secondary N) is 1. The molecule has 0 bridgehead atoms. The summed E-state index contributed by atoms with van der Waals surface area (Å²) < 4.78 is 6.14. The maximum absolute atomic E-state index is 13.6. The molecule has 0 atom stereocenters. The number of hydrogen-bond acceptors (Lipinski definition) is 4. The zero-order valence-corrected chi connectivity index (χ0v) is 19.9. The van der Waals surface area contributed by atoms with Crippen LogP contribution in [0.5, 0.6) is 11.5 Å².